The molecule has 0 aromatic rings. The van der Waals surface area contributed by atoms with Crippen molar-refractivity contribution in [2.75, 3.05) is 6.54 Å². The number of ether oxygens (including phenoxy) is 1. The predicted octanol–water partition coefficient (Wildman–Crippen LogP) is 1.26. The Kier molecular flexibility index (Phi) is 2.63. The molecule has 0 aromatic heterocycles. The zero-order chi connectivity index (χ0) is 11.1. The smallest absolute Gasteiger partial charge is 0.407 e. The largest absolute Gasteiger partial charge is 0.444 e. The molecule has 0 spiro atoms. The molecule has 3 unspecified atom stereocenters. The van der Waals surface area contributed by atoms with Crippen molar-refractivity contribution in [1.29, 1.82) is 0 Å². The van der Waals surface area contributed by atoms with E-state index in [-0.39, 0.29) is 6.09 Å². The molecule has 2 rings (SSSR count). The molecule has 2 N–H and O–H groups in total. The lowest BCUT2D eigenvalue weighted by Crippen LogP contribution is -2.41. The van der Waals surface area contributed by atoms with E-state index >= 15 is 0 Å². The van der Waals surface area contributed by atoms with Crippen molar-refractivity contribution in [1.82, 2.24) is 10.6 Å². The van der Waals surface area contributed by atoms with Crippen LogP contribution in [0, 0.1) is 5.92 Å². The first kappa shape index (κ1) is 10.7. The minimum Gasteiger partial charge on any atom is -0.444 e. The van der Waals surface area contributed by atoms with Gasteiger partial charge in [0, 0.05) is 18.6 Å². The van der Waals surface area contributed by atoms with E-state index in [4.69, 9.17) is 4.74 Å². The third-order valence-corrected chi connectivity index (χ3v) is 2.85. The van der Waals surface area contributed by atoms with E-state index in [1.807, 2.05) is 20.8 Å². The van der Waals surface area contributed by atoms with Gasteiger partial charge in [-0.3, -0.25) is 0 Å². The third-order valence-electron chi connectivity index (χ3n) is 2.85. The van der Waals surface area contributed by atoms with Gasteiger partial charge in [0.2, 0.25) is 0 Å². The first-order chi connectivity index (χ1) is 6.94. The average Bonchev–Trinajstić information content (AvgIpc) is 2.68. The summed E-state index contributed by atoms with van der Waals surface area (Å²) in [5.41, 5.74) is -0.407. The number of alkyl carbamates (subject to hydrolysis) is 1. The Morgan fingerprint density at radius 2 is 2.20 bits per heavy atom. The van der Waals surface area contributed by atoms with Crippen LogP contribution >= 0.6 is 0 Å². The number of carbonyl (C=O) groups is 1. The van der Waals surface area contributed by atoms with Crippen molar-refractivity contribution in [2.45, 2.75) is 51.3 Å². The monoisotopic (exact) mass is 212 g/mol. The van der Waals surface area contributed by atoms with Crippen LogP contribution in [0.1, 0.15) is 33.6 Å². The molecule has 4 nitrogen and oxygen atoms in total. The van der Waals surface area contributed by atoms with Gasteiger partial charge in [0.15, 0.2) is 0 Å². The number of piperidine rings is 1. The minimum absolute atomic E-state index is 0.315. The van der Waals surface area contributed by atoms with Crippen LogP contribution in [0.5, 0.6) is 0 Å². The van der Waals surface area contributed by atoms with Crippen LogP contribution in [0.4, 0.5) is 4.79 Å². The number of fused-ring (bicyclic) bond motifs is 1. The Hall–Kier alpha value is -0.770. The molecule has 1 aliphatic carbocycles. The molecule has 0 bridgehead atoms. The number of hydrogen-bond donors (Lipinski definition) is 2. The van der Waals surface area contributed by atoms with Gasteiger partial charge in [0.25, 0.3) is 0 Å². The highest BCUT2D eigenvalue weighted by atomic mass is 16.6. The number of rotatable bonds is 2. The van der Waals surface area contributed by atoms with Crippen LogP contribution in [0.3, 0.4) is 0 Å². The molecule has 3 atom stereocenters. The van der Waals surface area contributed by atoms with Crippen LogP contribution in [0.2, 0.25) is 0 Å². The summed E-state index contributed by atoms with van der Waals surface area (Å²) in [7, 11) is 0. The van der Waals surface area contributed by atoms with Crippen molar-refractivity contribution in [2.24, 2.45) is 5.92 Å². The van der Waals surface area contributed by atoms with E-state index in [0.29, 0.717) is 12.6 Å². The highest BCUT2D eigenvalue weighted by Crippen LogP contribution is 2.40. The van der Waals surface area contributed by atoms with E-state index in [1.54, 1.807) is 0 Å². The van der Waals surface area contributed by atoms with Gasteiger partial charge in [0.1, 0.15) is 5.60 Å². The van der Waals surface area contributed by atoms with Crippen molar-refractivity contribution in [3.8, 4) is 0 Å². The molecule has 1 saturated carbocycles. The maximum absolute atomic E-state index is 11.3. The number of carbonyl (C=O) groups excluding carboxylic acids is 1. The standard InChI is InChI=1S/C11H20N2O2/c1-11(2,3)15-10(14)12-6-8-4-7-5-9(7)13-8/h7-9,13H,4-6H2,1-3H3,(H,12,14). The molecule has 1 aliphatic heterocycles. The Balaban J connectivity index is 1.63. The molecule has 1 heterocycles. The number of amides is 1. The van der Waals surface area contributed by atoms with Gasteiger partial charge < -0.3 is 15.4 Å². The quantitative estimate of drug-likeness (QED) is 0.724. The van der Waals surface area contributed by atoms with Crippen molar-refractivity contribution in [3.63, 3.8) is 0 Å². The molecule has 1 amide bonds. The van der Waals surface area contributed by atoms with Gasteiger partial charge in [-0.25, -0.2) is 4.79 Å². The van der Waals surface area contributed by atoms with E-state index in [2.05, 4.69) is 10.6 Å². The number of nitrogens with one attached hydrogen (secondary N) is 2. The second kappa shape index (κ2) is 3.67. The Bertz CT molecular complexity index is 250. The second-order valence-electron chi connectivity index (χ2n) is 5.58. The molecule has 2 aliphatic rings. The van der Waals surface area contributed by atoms with E-state index < -0.39 is 5.60 Å². The summed E-state index contributed by atoms with van der Waals surface area (Å²) >= 11 is 0. The summed E-state index contributed by atoms with van der Waals surface area (Å²) in [6.07, 6.45) is 2.20. The summed E-state index contributed by atoms with van der Waals surface area (Å²) in [4.78, 5) is 11.3. The minimum atomic E-state index is -0.407. The van der Waals surface area contributed by atoms with Crippen LogP contribution < -0.4 is 10.6 Å². The Morgan fingerprint density at radius 1 is 1.47 bits per heavy atom. The lowest BCUT2D eigenvalue weighted by Gasteiger charge is -2.21. The Labute approximate surface area is 90.8 Å². The van der Waals surface area contributed by atoms with Crippen LogP contribution in [-0.4, -0.2) is 30.3 Å². The van der Waals surface area contributed by atoms with E-state index in [1.165, 1.54) is 12.8 Å². The van der Waals surface area contributed by atoms with Gasteiger partial charge in [-0.05, 0) is 39.5 Å². The Morgan fingerprint density at radius 3 is 2.73 bits per heavy atom. The number of hydrogen-bond acceptors (Lipinski definition) is 3. The molecular weight excluding hydrogens is 192 g/mol. The zero-order valence-electron chi connectivity index (χ0n) is 9.67. The van der Waals surface area contributed by atoms with Crippen molar-refractivity contribution in [3.05, 3.63) is 0 Å². The highest BCUT2D eigenvalue weighted by molar-refractivity contribution is 5.67. The average molecular weight is 212 g/mol. The van der Waals surface area contributed by atoms with Gasteiger partial charge in [0.05, 0.1) is 0 Å². The van der Waals surface area contributed by atoms with Gasteiger partial charge in [-0.15, -0.1) is 0 Å². The fraction of sp³-hybridized carbons (Fsp3) is 0.909. The van der Waals surface area contributed by atoms with Crippen molar-refractivity contribution >= 4 is 6.09 Å². The second-order valence-corrected chi connectivity index (χ2v) is 5.58. The molecule has 86 valence electrons. The zero-order valence-corrected chi connectivity index (χ0v) is 9.67. The summed E-state index contributed by atoms with van der Waals surface area (Å²) < 4.78 is 5.16. The first-order valence-corrected chi connectivity index (χ1v) is 5.67. The summed E-state index contributed by atoms with van der Waals surface area (Å²) in [5, 5.41) is 6.27. The summed E-state index contributed by atoms with van der Waals surface area (Å²) in [5.74, 6) is 0.871. The fourth-order valence-corrected chi connectivity index (χ4v) is 2.11. The maximum Gasteiger partial charge on any atom is 0.407 e. The molecule has 2 fully saturated rings. The first-order valence-electron chi connectivity index (χ1n) is 5.67. The summed E-state index contributed by atoms with van der Waals surface area (Å²) in [6, 6.07) is 1.18. The van der Waals surface area contributed by atoms with E-state index in [9.17, 15) is 4.79 Å². The highest BCUT2D eigenvalue weighted by Gasteiger charge is 2.45. The molecule has 0 radical (unpaired) electrons. The van der Waals surface area contributed by atoms with Gasteiger partial charge >= 0.3 is 6.09 Å². The molecule has 1 saturated heterocycles. The lowest BCUT2D eigenvalue weighted by atomic mass is 10.2. The molecule has 0 aromatic carbocycles. The van der Waals surface area contributed by atoms with Crippen LogP contribution in [-0.2, 0) is 4.74 Å². The normalized spacial score (nSPS) is 33.4. The van der Waals surface area contributed by atoms with Crippen molar-refractivity contribution < 1.29 is 9.53 Å². The topological polar surface area (TPSA) is 50.4 Å². The van der Waals surface area contributed by atoms with Gasteiger partial charge in [-0.1, -0.05) is 0 Å². The van der Waals surface area contributed by atoms with Crippen LogP contribution in [0.15, 0.2) is 0 Å². The van der Waals surface area contributed by atoms with E-state index in [0.717, 1.165) is 12.0 Å². The third kappa shape index (κ3) is 3.09. The summed E-state index contributed by atoms with van der Waals surface area (Å²) in [6.45, 7) is 6.29. The maximum atomic E-state index is 11.3. The predicted molar refractivity (Wildman–Crippen MR) is 57.7 cm³/mol. The SMILES string of the molecule is CC(C)(C)OC(=O)NCC1CC2CC2N1. The molecule has 4 heteroatoms. The molecule has 15 heavy (non-hydrogen) atoms. The van der Waals surface area contributed by atoms with Gasteiger partial charge in [-0.2, -0.15) is 0 Å². The fourth-order valence-electron chi connectivity index (χ4n) is 2.11. The molecular formula is C11H20N2O2. The lowest BCUT2D eigenvalue weighted by molar-refractivity contribution is 0.0523. The van der Waals surface area contributed by atoms with Crippen LogP contribution in [0.25, 0.3) is 0 Å².